The highest BCUT2D eigenvalue weighted by Crippen LogP contribution is 2.46. The van der Waals surface area contributed by atoms with Gasteiger partial charge in [-0.1, -0.05) is 194 Å². The third-order valence-corrected chi connectivity index (χ3v) is 13.2. The van der Waals surface area contributed by atoms with Crippen LogP contribution in [0.4, 0.5) is 0 Å². The summed E-state index contributed by atoms with van der Waals surface area (Å²) >= 11 is 0. The minimum Gasteiger partial charge on any atom is -0.309 e. The third kappa shape index (κ3) is 6.59. The van der Waals surface area contributed by atoms with Gasteiger partial charge in [-0.15, -0.1) is 0 Å². The predicted molar refractivity (Wildman–Crippen MR) is 281 cm³/mol. The molecule has 0 aliphatic rings. The molecule has 318 valence electrons. The van der Waals surface area contributed by atoms with E-state index < -0.39 is 0 Å². The Labute approximate surface area is 393 Å². The molecular formula is C63H41N5. The number of nitrogens with zero attached hydrogens (tertiary/aromatic N) is 5. The normalized spacial score (nSPS) is 11.5. The van der Waals surface area contributed by atoms with Crippen LogP contribution < -0.4 is 0 Å². The molecule has 0 radical (unpaired) electrons. The molecule has 13 aromatic rings. The van der Waals surface area contributed by atoms with E-state index in [0.717, 1.165) is 66.6 Å². The molecule has 3 aromatic heterocycles. The number of para-hydroxylation sites is 2. The van der Waals surface area contributed by atoms with Gasteiger partial charge in [0.05, 0.1) is 27.8 Å². The number of rotatable bonds is 8. The summed E-state index contributed by atoms with van der Waals surface area (Å²) in [5, 5.41) is 4.76. The second kappa shape index (κ2) is 16.4. The van der Waals surface area contributed by atoms with E-state index in [1.807, 2.05) is 36.4 Å². The summed E-state index contributed by atoms with van der Waals surface area (Å²) in [6, 6.07) is 88.3. The topological polar surface area (TPSA) is 48.5 Å². The second-order valence-electron chi connectivity index (χ2n) is 17.2. The van der Waals surface area contributed by atoms with Crippen molar-refractivity contribution in [3.63, 3.8) is 0 Å². The summed E-state index contributed by atoms with van der Waals surface area (Å²) in [7, 11) is 0. The molecule has 0 saturated heterocycles. The van der Waals surface area contributed by atoms with E-state index >= 15 is 0 Å². The van der Waals surface area contributed by atoms with Crippen molar-refractivity contribution in [2.45, 2.75) is 0 Å². The lowest BCUT2D eigenvalue weighted by Gasteiger charge is -2.17. The molecule has 5 nitrogen and oxygen atoms in total. The van der Waals surface area contributed by atoms with Crippen LogP contribution in [0.15, 0.2) is 249 Å². The zero-order valence-corrected chi connectivity index (χ0v) is 36.9. The summed E-state index contributed by atoms with van der Waals surface area (Å²) in [4.78, 5) is 15.6. The molecule has 0 N–H and O–H groups in total. The van der Waals surface area contributed by atoms with Crippen molar-refractivity contribution in [2.75, 3.05) is 0 Å². The van der Waals surface area contributed by atoms with Gasteiger partial charge >= 0.3 is 0 Å². The first-order valence-electron chi connectivity index (χ1n) is 23.0. The van der Waals surface area contributed by atoms with Gasteiger partial charge in [0.2, 0.25) is 0 Å². The average Bonchev–Trinajstić information content (AvgIpc) is 3.95. The van der Waals surface area contributed by atoms with Gasteiger partial charge < -0.3 is 9.13 Å². The zero-order valence-electron chi connectivity index (χ0n) is 36.9. The Balaban J connectivity index is 1.10. The Kier molecular flexibility index (Phi) is 9.43. The predicted octanol–water partition coefficient (Wildman–Crippen LogP) is 16.1. The molecule has 0 fully saturated rings. The summed E-state index contributed by atoms with van der Waals surface area (Å²) in [5.74, 6) is 1.84. The van der Waals surface area contributed by atoms with Gasteiger partial charge in [-0.05, 0) is 88.0 Å². The molecule has 10 aromatic carbocycles. The Bertz CT molecular complexity index is 3930. The lowest BCUT2D eigenvalue weighted by Crippen LogP contribution is -2.04. The Hall–Kier alpha value is -9.19. The summed E-state index contributed by atoms with van der Waals surface area (Å²) in [5.41, 5.74) is 16.3. The van der Waals surface area contributed by atoms with Crippen molar-refractivity contribution < 1.29 is 0 Å². The lowest BCUT2D eigenvalue weighted by atomic mass is 9.94. The molecule has 68 heavy (non-hydrogen) atoms. The Morgan fingerprint density at radius 2 is 0.691 bits per heavy atom. The van der Waals surface area contributed by atoms with Crippen molar-refractivity contribution in [2.24, 2.45) is 0 Å². The summed E-state index contributed by atoms with van der Waals surface area (Å²) in [6.07, 6.45) is 0. The number of benzene rings is 10. The van der Waals surface area contributed by atoms with Gasteiger partial charge in [-0.3, -0.25) is 0 Å². The van der Waals surface area contributed by atoms with Gasteiger partial charge in [-0.2, -0.15) is 0 Å². The molecular weight excluding hydrogens is 827 g/mol. The van der Waals surface area contributed by atoms with E-state index in [9.17, 15) is 0 Å². The molecule has 0 spiro atoms. The molecule has 0 aliphatic carbocycles. The maximum atomic E-state index is 5.28. The molecule has 0 bridgehead atoms. The van der Waals surface area contributed by atoms with Crippen LogP contribution in [-0.2, 0) is 0 Å². The van der Waals surface area contributed by atoms with Gasteiger partial charge in [0.15, 0.2) is 17.5 Å². The highest BCUT2D eigenvalue weighted by Gasteiger charge is 2.24. The molecule has 13 rings (SSSR count). The maximum absolute atomic E-state index is 5.28. The number of aromatic nitrogens is 5. The molecule has 0 aliphatic heterocycles. The standard InChI is InChI=1S/C63H41N5/c1-6-20-42(21-7-1)46-37-39-55-53(40-46)60-50(32-18-34-56(60)67(55)48-28-14-5-15-29-48)49-31-19-35-57-59(49)51-30-16-17-33-54(51)68(57)58-41-47(43-22-8-2-9-23-43)36-38-52(58)63-65-61(44-24-10-3-11-25-44)64-62(66-63)45-26-12-4-13-27-45/h1-41H. The molecule has 0 unspecified atom stereocenters. The van der Waals surface area contributed by atoms with Gasteiger partial charge in [0.1, 0.15) is 0 Å². The van der Waals surface area contributed by atoms with Crippen molar-refractivity contribution in [1.29, 1.82) is 0 Å². The summed E-state index contributed by atoms with van der Waals surface area (Å²) < 4.78 is 4.83. The molecule has 0 amide bonds. The largest absolute Gasteiger partial charge is 0.309 e. The Morgan fingerprint density at radius 3 is 1.29 bits per heavy atom. The van der Waals surface area contributed by atoms with E-state index in [4.69, 9.17) is 15.0 Å². The van der Waals surface area contributed by atoms with Crippen LogP contribution in [0.5, 0.6) is 0 Å². The first-order chi connectivity index (χ1) is 33.7. The molecule has 0 atom stereocenters. The van der Waals surface area contributed by atoms with Crippen LogP contribution in [0.3, 0.4) is 0 Å². The quantitative estimate of drug-likeness (QED) is 0.153. The lowest BCUT2D eigenvalue weighted by molar-refractivity contribution is 1.06. The SMILES string of the molecule is c1ccc(-c2ccc(-c3nc(-c4ccccc4)nc(-c4ccccc4)n3)c(-n3c4ccccc4c4c(-c5cccc6c5c5cc(-c7ccccc7)ccc5n6-c5ccccc5)cccc43)c2)cc1. The van der Waals surface area contributed by atoms with Crippen LogP contribution in [0.2, 0.25) is 0 Å². The van der Waals surface area contributed by atoms with Gasteiger partial charge in [0, 0.05) is 43.9 Å². The minimum absolute atomic E-state index is 0.599. The molecule has 3 heterocycles. The fourth-order valence-electron chi connectivity index (χ4n) is 10.1. The minimum atomic E-state index is 0.599. The number of hydrogen-bond donors (Lipinski definition) is 0. The van der Waals surface area contributed by atoms with E-state index in [1.165, 1.54) is 38.4 Å². The third-order valence-electron chi connectivity index (χ3n) is 13.2. The second-order valence-corrected chi connectivity index (χ2v) is 17.2. The van der Waals surface area contributed by atoms with E-state index in [2.05, 4.69) is 221 Å². The monoisotopic (exact) mass is 867 g/mol. The first-order valence-corrected chi connectivity index (χ1v) is 23.0. The first kappa shape index (κ1) is 39.2. The molecule has 5 heteroatoms. The fraction of sp³-hybridized carbons (Fsp3) is 0. The fourth-order valence-corrected chi connectivity index (χ4v) is 10.1. The van der Waals surface area contributed by atoms with Crippen LogP contribution in [0.25, 0.3) is 123 Å². The van der Waals surface area contributed by atoms with Gasteiger partial charge in [0.25, 0.3) is 0 Å². The Morgan fingerprint density at radius 1 is 0.250 bits per heavy atom. The zero-order chi connectivity index (χ0) is 45.0. The van der Waals surface area contributed by atoms with Crippen molar-refractivity contribution in [1.82, 2.24) is 24.1 Å². The van der Waals surface area contributed by atoms with E-state index in [1.54, 1.807) is 0 Å². The highest BCUT2D eigenvalue weighted by molar-refractivity contribution is 6.22. The van der Waals surface area contributed by atoms with Gasteiger partial charge in [-0.25, -0.2) is 15.0 Å². The average molecular weight is 868 g/mol. The smallest absolute Gasteiger partial charge is 0.166 e. The van der Waals surface area contributed by atoms with Crippen molar-refractivity contribution in [3.8, 4) is 78.9 Å². The number of fused-ring (bicyclic) bond motifs is 6. The van der Waals surface area contributed by atoms with Crippen LogP contribution in [-0.4, -0.2) is 24.1 Å². The van der Waals surface area contributed by atoms with Crippen LogP contribution >= 0.6 is 0 Å². The van der Waals surface area contributed by atoms with Crippen molar-refractivity contribution >= 4 is 43.6 Å². The maximum Gasteiger partial charge on any atom is 0.166 e. The van der Waals surface area contributed by atoms with E-state index in [0.29, 0.717) is 17.5 Å². The summed E-state index contributed by atoms with van der Waals surface area (Å²) in [6.45, 7) is 0. The van der Waals surface area contributed by atoms with E-state index in [-0.39, 0.29) is 0 Å². The van der Waals surface area contributed by atoms with Crippen molar-refractivity contribution in [3.05, 3.63) is 249 Å². The molecule has 0 saturated carbocycles. The van der Waals surface area contributed by atoms with Crippen LogP contribution in [0.1, 0.15) is 0 Å². The van der Waals surface area contributed by atoms with Crippen LogP contribution in [0, 0.1) is 0 Å². The highest BCUT2D eigenvalue weighted by atomic mass is 15.1. The number of hydrogen-bond acceptors (Lipinski definition) is 3.